The first kappa shape index (κ1) is 89.4. The molecule has 536 valence electrons. The van der Waals surface area contributed by atoms with Gasteiger partial charge < -0.3 is 33.3 Å². The topological polar surface area (TPSA) is 111 Å². The molecule has 0 rings (SSSR count). The lowest BCUT2D eigenvalue weighted by atomic mass is 10.0. The molecule has 9 heteroatoms. The van der Waals surface area contributed by atoms with E-state index in [9.17, 15) is 19.5 Å². The summed E-state index contributed by atoms with van der Waals surface area (Å²) in [7, 11) is 5.92. The first-order valence-corrected chi connectivity index (χ1v) is 37.9. The van der Waals surface area contributed by atoms with Crippen molar-refractivity contribution in [3.05, 3.63) is 182 Å². The van der Waals surface area contributed by atoms with Gasteiger partial charge in [-0.1, -0.05) is 318 Å². The van der Waals surface area contributed by atoms with Crippen molar-refractivity contribution in [2.45, 2.75) is 296 Å². The fourth-order valence-corrected chi connectivity index (χ4v) is 9.95. The van der Waals surface area contributed by atoms with Crippen LogP contribution in [0.2, 0.25) is 0 Å². The maximum Gasteiger partial charge on any atom is 0.306 e. The van der Waals surface area contributed by atoms with Crippen LogP contribution >= 0.6 is 0 Å². The molecule has 0 aliphatic rings. The summed E-state index contributed by atoms with van der Waals surface area (Å²) in [5.41, 5.74) is 0. The van der Waals surface area contributed by atoms with Gasteiger partial charge in [-0.25, -0.2) is 0 Å². The largest absolute Gasteiger partial charge is 0.545 e. The van der Waals surface area contributed by atoms with Gasteiger partial charge in [-0.3, -0.25) is 9.59 Å². The number of ether oxygens (including phenoxy) is 4. The van der Waals surface area contributed by atoms with Crippen molar-refractivity contribution < 1.29 is 42.9 Å². The number of quaternary nitrogens is 1. The molecule has 0 N–H and O–H groups in total. The molecule has 0 bridgehead atoms. The third-order valence-corrected chi connectivity index (χ3v) is 15.6. The molecule has 2 atom stereocenters. The summed E-state index contributed by atoms with van der Waals surface area (Å²) in [6.45, 7) is 4.51. The van der Waals surface area contributed by atoms with Crippen LogP contribution in [-0.2, 0) is 33.3 Å². The maximum absolute atomic E-state index is 13.0. The first-order chi connectivity index (χ1) is 46.6. The lowest BCUT2D eigenvalue weighted by molar-refractivity contribution is -0.870. The minimum Gasteiger partial charge on any atom is -0.545 e. The minimum atomic E-state index is -1.63. The second-order valence-electron chi connectivity index (χ2n) is 25.8. The van der Waals surface area contributed by atoms with Gasteiger partial charge in [-0.05, 0) is 135 Å². The van der Waals surface area contributed by atoms with Crippen LogP contribution < -0.4 is 5.11 Å². The third-order valence-electron chi connectivity index (χ3n) is 15.6. The number of hydrogen-bond donors (Lipinski definition) is 0. The molecule has 0 aliphatic carbocycles. The van der Waals surface area contributed by atoms with Gasteiger partial charge in [0.1, 0.15) is 13.2 Å². The van der Waals surface area contributed by atoms with Gasteiger partial charge in [0.05, 0.1) is 40.3 Å². The Balaban J connectivity index is 4.15. The van der Waals surface area contributed by atoms with Crippen LogP contribution in [0.15, 0.2) is 182 Å². The zero-order valence-corrected chi connectivity index (χ0v) is 61.2. The van der Waals surface area contributed by atoms with E-state index >= 15 is 0 Å². The van der Waals surface area contributed by atoms with Gasteiger partial charge in [-0.15, -0.1) is 0 Å². The van der Waals surface area contributed by atoms with Crippen LogP contribution in [0.1, 0.15) is 284 Å². The monoisotopic (exact) mass is 1310 g/mol. The van der Waals surface area contributed by atoms with Gasteiger partial charge in [0.15, 0.2) is 12.4 Å². The molecule has 0 aromatic rings. The normalized spacial score (nSPS) is 13.7. The van der Waals surface area contributed by atoms with Gasteiger partial charge in [-0.2, -0.15) is 0 Å². The maximum atomic E-state index is 13.0. The molecule has 0 radical (unpaired) electrons. The van der Waals surface area contributed by atoms with Gasteiger partial charge in [0, 0.05) is 12.8 Å². The average molecular weight is 1320 g/mol. The Kier molecular flexibility index (Phi) is 69.8. The molecule has 9 nitrogen and oxygen atoms in total. The minimum absolute atomic E-state index is 0.138. The second kappa shape index (κ2) is 74.2. The summed E-state index contributed by atoms with van der Waals surface area (Å²) in [6.07, 6.45) is 110. The SMILES string of the molecule is CC/C=C\C/C=C\C/C=C\C/C=C\C/C=C\C/C=C\C/C=C\C/C=C\CCCCCCCCCCCCC(=O)OC(COC(=O)CCCCCCCCCCCCCCC/C=C\C/C=C\C/C=C\C/C=C\C/C=C\C/C=C\C/C=C\CC)COC(OCC[N+](C)(C)C)C(=O)[O-]. The van der Waals surface area contributed by atoms with E-state index in [1.165, 1.54) is 109 Å². The number of allylic oxidation sites excluding steroid dienone is 30. The molecular weight excluding hydrogens is 1170 g/mol. The number of carbonyl (C=O) groups is 3. The molecule has 0 amide bonds. The van der Waals surface area contributed by atoms with E-state index in [0.717, 1.165) is 141 Å². The number of hydrogen-bond acceptors (Lipinski definition) is 8. The molecule has 0 saturated carbocycles. The molecule has 0 saturated heterocycles. The fourth-order valence-electron chi connectivity index (χ4n) is 9.95. The molecule has 95 heavy (non-hydrogen) atoms. The molecule has 0 spiro atoms. The summed E-state index contributed by atoms with van der Waals surface area (Å²) < 4.78 is 22.8. The highest BCUT2D eigenvalue weighted by Gasteiger charge is 2.22. The molecule has 0 heterocycles. The van der Waals surface area contributed by atoms with E-state index in [-0.39, 0.29) is 38.6 Å². The highest BCUT2D eigenvalue weighted by atomic mass is 16.7. The third kappa shape index (κ3) is 75.6. The number of nitrogens with zero attached hydrogens (tertiary/aromatic N) is 1. The Morgan fingerprint density at radius 1 is 0.316 bits per heavy atom. The number of carboxylic acid groups (broad SMARTS) is 1. The molecule has 0 fully saturated rings. The van der Waals surface area contributed by atoms with Crippen molar-refractivity contribution in [3.63, 3.8) is 0 Å². The lowest BCUT2D eigenvalue weighted by Crippen LogP contribution is -2.44. The number of esters is 2. The van der Waals surface area contributed by atoms with Crippen molar-refractivity contribution in [1.29, 1.82) is 0 Å². The van der Waals surface area contributed by atoms with Crippen LogP contribution in [0.4, 0.5) is 0 Å². The van der Waals surface area contributed by atoms with Crippen molar-refractivity contribution in [3.8, 4) is 0 Å². The van der Waals surface area contributed by atoms with E-state index in [1.54, 1.807) is 0 Å². The van der Waals surface area contributed by atoms with E-state index in [4.69, 9.17) is 18.9 Å². The summed E-state index contributed by atoms with van der Waals surface area (Å²) in [4.78, 5) is 37.6. The quantitative estimate of drug-likeness (QED) is 0.0195. The summed E-state index contributed by atoms with van der Waals surface area (Å²) in [5, 5.41) is 11.9. The summed E-state index contributed by atoms with van der Waals surface area (Å²) in [5.74, 6) is -2.30. The van der Waals surface area contributed by atoms with E-state index < -0.39 is 24.3 Å². The number of carboxylic acids is 1. The van der Waals surface area contributed by atoms with Gasteiger partial charge in [0.25, 0.3) is 0 Å². The number of aliphatic carboxylic acids is 1. The Hall–Kier alpha value is -5.61. The van der Waals surface area contributed by atoms with E-state index in [2.05, 4.69) is 196 Å². The second-order valence-corrected chi connectivity index (χ2v) is 25.8. The number of carbonyl (C=O) groups excluding carboxylic acids is 3. The Morgan fingerprint density at radius 2 is 0.568 bits per heavy atom. The Morgan fingerprint density at radius 3 is 0.842 bits per heavy atom. The van der Waals surface area contributed by atoms with E-state index in [0.29, 0.717) is 17.4 Å². The lowest BCUT2D eigenvalue weighted by Gasteiger charge is -2.26. The smallest absolute Gasteiger partial charge is 0.306 e. The average Bonchev–Trinajstić information content (AvgIpc) is 3.58. The van der Waals surface area contributed by atoms with Gasteiger partial charge in [0.2, 0.25) is 0 Å². The number of unbranched alkanes of at least 4 members (excludes halogenated alkanes) is 23. The van der Waals surface area contributed by atoms with Gasteiger partial charge >= 0.3 is 11.9 Å². The van der Waals surface area contributed by atoms with Crippen LogP contribution in [0.5, 0.6) is 0 Å². The molecule has 0 aromatic heterocycles. The predicted molar refractivity (Wildman–Crippen MR) is 407 cm³/mol. The zero-order valence-electron chi connectivity index (χ0n) is 61.2. The first-order valence-electron chi connectivity index (χ1n) is 37.9. The van der Waals surface area contributed by atoms with Crippen LogP contribution in [0.3, 0.4) is 0 Å². The fraction of sp³-hybridized carbons (Fsp3) is 0.616. The Labute approximate surface area is 583 Å². The zero-order chi connectivity index (χ0) is 69.0. The van der Waals surface area contributed by atoms with Crippen LogP contribution in [0.25, 0.3) is 0 Å². The highest BCUT2D eigenvalue weighted by Crippen LogP contribution is 2.16. The standard InChI is InChI=1S/C86H139NO8/c1-6-8-10-12-14-16-18-20-22-24-26-28-30-32-34-36-38-40-42-44-46-48-50-52-54-56-58-60-62-64-66-68-70-72-74-76-83(88)93-80-82(81-94-86(85(90)91)92-79-78-87(3,4)5)95-84(89)77-75-73-71-69-67-65-63-61-59-57-55-53-51-49-47-45-43-41-39-37-35-33-31-29-27-25-23-21-19-17-15-13-11-9-7-2/h8-11,14-17,20-23,26-29,32-35,38-41,44-47,51,53,82,86H,6-7,12-13,18-19,24-25,30-31,36-37,42-43,48-50,52,54-81H2,1-5H3/b10-8-,11-9-,16-14-,17-15-,22-20-,23-21-,28-26-,29-27-,34-32-,35-33-,40-38-,41-39-,46-44-,47-45-,53-51-. The summed E-state index contributed by atoms with van der Waals surface area (Å²) >= 11 is 0. The van der Waals surface area contributed by atoms with E-state index in [1.807, 2.05) is 21.1 Å². The number of rotatable bonds is 68. The highest BCUT2D eigenvalue weighted by molar-refractivity contribution is 5.70. The van der Waals surface area contributed by atoms with Crippen molar-refractivity contribution in [2.24, 2.45) is 0 Å². The molecule has 0 aliphatic heterocycles. The van der Waals surface area contributed by atoms with Crippen molar-refractivity contribution in [2.75, 3.05) is 47.5 Å². The summed E-state index contributed by atoms with van der Waals surface area (Å²) in [6, 6.07) is 0. The molecule has 0 aromatic carbocycles. The van der Waals surface area contributed by atoms with Crippen molar-refractivity contribution in [1.82, 2.24) is 0 Å². The van der Waals surface area contributed by atoms with Crippen LogP contribution in [-0.4, -0.2) is 82.3 Å². The van der Waals surface area contributed by atoms with Crippen LogP contribution in [0, 0.1) is 0 Å². The predicted octanol–water partition coefficient (Wildman–Crippen LogP) is 23.0. The molecular formula is C86H139NO8. The Bertz CT molecular complexity index is 2220. The molecule has 2 unspecified atom stereocenters. The number of likely N-dealkylation sites (N-methyl/N-ethyl adjacent to an activating group) is 1. The van der Waals surface area contributed by atoms with Crippen molar-refractivity contribution >= 4 is 17.9 Å².